The number of nitrogens with one attached hydrogen (secondary N) is 1. The van der Waals surface area contributed by atoms with Gasteiger partial charge >= 0.3 is 0 Å². The van der Waals surface area contributed by atoms with Gasteiger partial charge in [-0.2, -0.15) is 5.26 Å². The molecule has 0 atom stereocenters. The van der Waals surface area contributed by atoms with Crippen molar-refractivity contribution < 1.29 is 0 Å². The molecule has 3 rings (SSSR count). The molecular formula is C15H10N4S. The number of hydrogen-bond acceptors (Lipinski definition) is 5. The lowest BCUT2D eigenvalue weighted by atomic mass is 10.2. The normalized spacial score (nSPS) is 9.95. The molecule has 0 amide bonds. The molecule has 1 aromatic carbocycles. The standard InChI is InChI=1S/C15H10N4S/c16-8-11-3-1-4-12(7-11)18-15-10-17-9-13(19-15)14-5-2-6-20-14/h1-7,9-10H,(H,18,19). The Balaban J connectivity index is 1.88. The van der Waals surface area contributed by atoms with Gasteiger partial charge in [0, 0.05) is 5.69 Å². The average molecular weight is 278 g/mol. The number of thiophene rings is 1. The summed E-state index contributed by atoms with van der Waals surface area (Å²) >= 11 is 1.62. The summed E-state index contributed by atoms with van der Waals surface area (Å²) in [5.74, 6) is 0.658. The molecule has 0 saturated heterocycles. The van der Waals surface area contributed by atoms with Crippen molar-refractivity contribution >= 4 is 22.8 Å². The van der Waals surface area contributed by atoms with Crippen molar-refractivity contribution in [2.75, 3.05) is 5.32 Å². The quantitative estimate of drug-likeness (QED) is 0.791. The highest BCUT2D eigenvalue weighted by molar-refractivity contribution is 7.13. The molecule has 1 N–H and O–H groups in total. The molecule has 20 heavy (non-hydrogen) atoms. The minimum absolute atomic E-state index is 0.609. The summed E-state index contributed by atoms with van der Waals surface area (Å²) in [6.07, 6.45) is 3.40. The Labute approximate surface area is 120 Å². The van der Waals surface area contributed by atoms with Gasteiger partial charge in [-0.15, -0.1) is 11.3 Å². The molecule has 2 heterocycles. The van der Waals surface area contributed by atoms with E-state index in [1.54, 1.807) is 35.9 Å². The van der Waals surface area contributed by atoms with Crippen LogP contribution in [0, 0.1) is 11.3 Å². The van der Waals surface area contributed by atoms with Crippen molar-refractivity contribution in [1.29, 1.82) is 5.26 Å². The number of benzene rings is 1. The third-order valence-corrected chi connectivity index (χ3v) is 3.56. The monoisotopic (exact) mass is 278 g/mol. The van der Waals surface area contributed by atoms with Crippen molar-refractivity contribution in [3.05, 3.63) is 59.7 Å². The van der Waals surface area contributed by atoms with E-state index in [1.807, 2.05) is 29.6 Å². The molecule has 5 heteroatoms. The zero-order chi connectivity index (χ0) is 13.8. The van der Waals surface area contributed by atoms with E-state index in [9.17, 15) is 0 Å². The van der Waals surface area contributed by atoms with E-state index < -0.39 is 0 Å². The zero-order valence-electron chi connectivity index (χ0n) is 10.4. The summed E-state index contributed by atoms with van der Waals surface area (Å²) in [7, 11) is 0. The molecule has 0 spiro atoms. The van der Waals surface area contributed by atoms with E-state index in [4.69, 9.17) is 5.26 Å². The maximum absolute atomic E-state index is 8.89. The predicted octanol–water partition coefficient (Wildman–Crippen LogP) is 3.82. The fourth-order valence-corrected chi connectivity index (χ4v) is 2.46. The maximum Gasteiger partial charge on any atom is 0.149 e. The highest BCUT2D eigenvalue weighted by Gasteiger charge is 2.03. The lowest BCUT2D eigenvalue weighted by Crippen LogP contribution is -1.96. The topological polar surface area (TPSA) is 61.6 Å². The van der Waals surface area contributed by atoms with Crippen LogP contribution in [-0.2, 0) is 0 Å². The van der Waals surface area contributed by atoms with E-state index in [-0.39, 0.29) is 0 Å². The van der Waals surface area contributed by atoms with Crippen LogP contribution in [0.4, 0.5) is 11.5 Å². The van der Waals surface area contributed by atoms with Crippen LogP contribution >= 0.6 is 11.3 Å². The van der Waals surface area contributed by atoms with Crippen LogP contribution in [0.2, 0.25) is 0 Å². The summed E-state index contributed by atoms with van der Waals surface area (Å²) < 4.78 is 0. The molecule has 2 aromatic heterocycles. The molecule has 96 valence electrons. The van der Waals surface area contributed by atoms with Gasteiger partial charge in [0.25, 0.3) is 0 Å². The number of hydrogen-bond donors (Lipinski definition) is 1. The van der Waals surface area contributed by atoms with Gasteiger partial charge in [-0.05, 0) is 29.6 Å². The van der Waals surface area contributed by atoms with Crippen molar-refractivity contribution in [3.8, 4) is 16.6 Å². The second-order valence-electron chi connectivity index (χ2n) is 4.08. The summed E-state index contributed by atoms with van der Waals surface area (Å²) in [6, 6.07) is 13.4. The van der Waals surface area contributed by atoms with Crippen LogP contribution in [0.15, 0.2) is 54.2 Å². The van der Waals surface area contributed by atoms with Gasteiger partial charge in [0.2, 0.25) is 0 Å². The van der Waals surface area contributed by atoms with Crippen LogP contribution < -0.4 is 5.32 Å². The Hall–Kier alpha value is -2.71. The minimum atomic E-state index is 0.609. The van der Waals surface area contributed by atoms with Crippen LogP contribution in [0.1, 0.15) is 5.56 Å². The largest absolute Gasteiger partial charge is 0.339 e. The molecule has 0 unspecified atom stereocenters. The van der Waals surface area contributed by atoms with Gasteiger partial charge in [-0.1, -0.05) is 12.1 Å². The highest BCUT2D eigenvalue weighted by Crippen LogP contribution is 2.24. The lowest BCUT2D eigenvalue weighted by Gasteiger charge is -2.06. The molecule has 0 saturated carbocycles. The summed E-state index contributed by atoms with van der Waals surface area (Å²) in [5.41, 5.74) is 2.26. The molecule has 3 aromatic rings. The number of nitrogens with zero attached hydrogens (tertiary/aromatic N) is 3. The van der Waals surface area contributed by atoms with Gasteiger partial charge in [0.05, 0.1) is 28.9 Å². The Morgan fingerprint density at radius 3 is 2.90 bits per heavy atom. The fourth-order valence-electron chi connectivity index (χ4n) is 1.78. The lowest BCUT2D eigenvalue weighted by molar-refractivity contribution is 1.21. The van der Waals surface area contributed by atoms with Gasteiger partial charge < -0.3 is 5.32 Å². The third-order valence-electron chi connectivity index (χ3n) is 2.67. The molecule has 0 aliphatic heterocycles. The minimum Gasteiger partial charge on any atom is -0.339 e. The van der Waals surface area contributed by atoms with Crippen molar-refractivity contribution in [2.45, 2.75) is 0 Å². The summed E-state index contributed by atoms with van der Waals surface area (Å²) in [4.78, 5) is 9.79. The Morgan fingerprint density at radius 1 is 1.15 bits per heavy atom. The van der Waals surface area contributed by atoms with E-state index >= 15 is 0 Å². The molecule has 0 fully saturated rings. The van der Waals surface area contributed by atoms with Crippen LogP contribution in [0.3, 0.4) is 0 Å². The van der Waals surface area contributed by atoms with Crippen molar-refractivity contribution in [1.82, 2.24) is 9.97 Å². The molecule has 4 nitrogen and oxygen atoms in total. The number of anilines is 2. The molecule has 0 aliphatic rings. The maximum atomic E-state index is 8.89. The first-order valence-corrected chi connectivity index (χ1v) is 6.86. The zero-order valence-corrected chi connectivity index (χ0v) is 11.3. The Morgan fingerprint density at radius 2 is 2.10 bits per heavy atom. The van der Waals surface area contributed by atoms with Gasteiger partial charge in [0.15, 0.2) is 0 Å². The van der Waals surface area contributed by atoms with Gasteiger partial charge in [-0.25, -0.2) is 4.98 Å². The van der Waals surface area contributed by atoms with Crippen LogP contribution in [0.5, 0.6) is 0 Å². The summed E-state index contributed by atoms with van der Waals surface area (Å²) in [5, 5.41) is 14.1. The number of rotatable bonds is 3. The number of aromatic nitrogens is 2. The first-order chi connectivity index (χ1) is 9.85. The van der Waals surface area contributed by atoms with Crippen molar-refractivity contribution in [2.24, 2.45) is 0 Å². The molecule has 0 bridgehead atoms. The van der Waals surface area contributed by atoms with E-state index in [2.05, 4.69) is 21.4 Å². The molecule has 0 radical (unpaired) electrons. The smallest absolute Gasteiger partial charge is 0.149 e. The molecular weight excluding hydrogens is 268 g/mol. The first kappa shape index (κ1) is 12.3. The Kier molecular flexibility index (Phi) is 3.40. The SMILES string of the molecule is N#Cc1cccc(Nc2cncc(-c3cccs3)n2)c1. The fraction of sp³-hybridized carbons (Fsp3) is 0. The van der Waals surface area contributed by atoms with Gasteiger partial charge in [0.1, 0.15) is 11.5 Å². The van der Waals surface area contributed by atoms with E-state index in [1.165, 1.54) is 0 Å². The number of nitriles is 1. The molecule has 0 aliphatic carbocycles. The van der Waals surface area contributed by atoms with E-state index in [0.717, 1.165) is 16.3 Å². The second kappa shape index (κ2) is 5.51. The Bertz CT molecular complexity index is 760. The average Bonchev–Trinajstić information content (AvgIpc) is 3.02. The second-order valence-corrected chi connectivity index (χ2v) is 5.03. The van der Waals surface area contributed by atoms with Gasteiger partial charge in [-0.3, -0.25) is 4.98 Å². The third kappa shape index (κ3) is 2.66. The first-order valence-electron chi connectivity index (χ1n) is 5.98. The predicted molar refractivity (Wildman–Crippen MR) is 79.8 cm³/mol. The highest BCUT2D eigenvalue weighted by atomic mass is 32.1. The van der Waals surface area contributed by atoms with E-state index in [0.29, 0.717) is 11.4 Å². The van der Waals surface area contributed by atoms with Crippen LogP contribution in [0.25, 0.3) is 10.6 Å². The summed E-state index contributed by atoms with van der Waals surface area (Å²) in [6.45, 7) is 0. The van der Waals surface area contributed by atoms with Crippen LogP contribution in [-0.4, -0.2) is 9.97 Å². The van der Waals surface area contributed by atoms with Crippen molar-refractivity contribution in [3.63, 3.8) is 0 Å².